The molecule has 0 saturated carbocycles. The Morgan fingerprint density at radius 1 is 1.41 bits per heavy atom. The van der Waals surface area contributed by atoms with Crippen LogP contribution in [0.5, 0.6) is 0 Å². The van der Waals surface area contributed by atoms with Gasteiger partial charge in [0.2, 0.25) is 5.91 Å². The van der Waals surface area contributed by atoms with E-state index in [0.717, 1.165) is 18.8 Å². The second kappa shape index (κ2) is 6.08. The van der Waals surface area contributed by atoms with Gasteiger partial charge in [-0.3, -0.25) is 9.78 Å². The second-order valence-corrected chi connectivity index (χ2v) is 3.86. The Kier molecular flexibility index (Phi) is 4.75. The maximum absolute atomic E-state index is 11.9. The molecule has 1 rings (SSSR count). The molecule has 0 saturated heterocycles. The van der Waals surface area contributed by atoms with Gasteiger partial charge in [-0.1, -0.05) is 0 Å². The minimum atomic E-state index is 0.105. The predicted molar refractivity (Wildman–Crippen MR) is 69.8 cm³/mol. The molecule has 0 bridgehead atoms. The van der Waals surface area contributed by atoms with Crippen molar-refractivity contribution in [3.8, 4) is 0 Å². The number of nitrogen functional groups attached to an aromatic ring is 1. The number of nitrogens with two attached hydrogens (primary N) is 1. The Morgan fingerprint density at radius 2 is 2.06 bits per heavy atom. The van der Waals surface area contributed by atoms with Crippen molar-refractivity contribution in [2.45, 2.75) is 13.8 Å². The van der Waals surface area contributed by atoms with Crippen LogP contribution in [0, 0.1) is 0 Å². The molecule has 2 N–H and O–H groups in total. The van der Waals surface area contributed by atoms with E-state index in [2.05, 4.69) is 4.98 Å². The number of anilines is 2. The van der Waals surface area contributed by atoms with Gasteiger partial charge in [0, 0.05) is 26.3 Å². The molecule has 5 heteroatoms. The number of pyridine rings is 1. The Labute approximate surface area is 102 Å². The highest BCUT2D eigenvalue weighted by atomic mass is 16.2. The predicted octanol–water partition coefficient (Wildman–Crippen LogP) is 0.968. The van der Waals surface area contributed by atoms with Crippen LogP contribution >= 0.6 is 0 Å². The van der Waals surface area contributed by atoms with Crippen LogP contribution in [0.4, 0.5) is 11.4 Å². The summed E-state index contributed by atoms with van der Waals surface area (Å²) in [7, 11) is 1.85. The molecule has 0 fully saturated rings. The third kappa shape index (κ3) is 3.34. The lowest BCUT2D eigenvalue weighted by Gasteiger charge is -2.25. The minimum Gasteiger partial charge on any atom is -0.396 e. The van der Waals surface area contributed by atoms with Crippen LogP contribution in [0.1, 0.15) is 13.8 Å². The zero-order valence-electron chi connectivity index (χ0n) is 10.7. The van der Waals surface area contributed by atoms with Crippen LogP contribution in [0.25, 0.3) is 0 Å². The Morgan fingerprint density at radius 3 is 2.59 bits per heavy atom. The van der Waals surface area contributed by atoms with E-state index < -0.39 is 0 Å². The highest BCUT2D eigenvalue weighted by Crippen LogP contribution is 2.19. The quantitative estimate of drug-likeness (QED) is 0.827. The van der Waals surface area contributed by atoms with Crippen LogP contribution < -0.4 is 10.6 Å². The zero-order chi connectivity index (χ0) is 12.8. The van der Waals surface area contributed by atoms with E-state index in [9.17, 15) is 4.79 Å². The number of nitrogens with zero attached hydrogens (tertiary/aromatic N) is 3. The molecule has 1 aromatic rings. The molecule has 1 aromatic heterocycles. The number of likely N-dealkylation sites (N-methyl/N-ethyl adjacent to an activating group) is 2. The first-order valence-corrected chi connectivity index (χ1v) is 5.78. The van der Waals surface area contributed by atoms with Crippen molar-refractivity contribution in [3.05, 3.63) is 18.5 Å². The number of hydrogen-bond acceptors (Lipinski definition) is 4. The van der Waals surface area contributed by atoms with Gasteiger partial charge >= 0.3 is 0 Å². The highest BCUT2D eigenvalue weighted by Gasteiger charge is 2.13. The van der Waals surface area contributed by atoms with E-state index in [1.165, 1.54) is 0 Å². The first-order valence-electron chi connectivity index (χ1n) is 5.78. The maximum Gasteiger partial charge on any atom is 0.242 e. The van der Waals surface area contributed by atoms with Gasteiger partial charge in [-0.15, -0.1) is 0 Å². The normalized spacial score (nSPS) is 10.1. The van der Waals surface area contributed by atoms with Gasteiger partial charge in [0.25, 0.3) is 0 Å². The summed E-state index contributed by atoms with van der Waals surface area (Å²) in [5.41, 5.74) is 7.23. The van der Waals surface area contributed by atoms with Crippen LogP contribution in [0.15, 0.2) is 18.5 Å². The molecule has 0 unspecified atom stereocenters. The average Bonchev–Trinajstić information content (AvgIpc) is 2.31. The molecule has 94 valence electrons. The van der Waals surface area contributed by atoms with Crippen LogP contribution in [0.2, 0.25) is 0 Å². The number of rotatable bonds is 5. The summed E-state index contributed by atoms with van der Waals surface area (Å²) in [5.74, 6) is 0.105. The number of carbonyl (C=O) groups excluding carboxylic acids is 1. The van der Waals surface area contributed by atoms with Gasteiger partial charge in [-0.2, -0.15) is 0 Å². The third-order valence-electron chi connectivity index (χ3n) is 2.73. The summed E-state index contributed by atoms with van der Waals surface area (Å²) in [5, 5.41) is 0. The van der Waals surface area contributed by atoms with Gasteiger partial charge in [0.15, 0.2) is 0 Å². The fourth-order valence-electron chi connectivity index (χ4n) is 1.71. The number of carbonyl (C=O) groups is 1. The molecule has 0 spiro atoms. The van der Waals surface area contributed by atoms with E-state index in [4.69, 9.17) is 5.73 Å². The first-order chi connectivity index (χ1) is 8.10. The van der Waals surface area contributed by atoms with Gasteiger partial charge in [0.1, 0.15) is 0 Å². The van der Waals surface area contributed by atoms with E-state index in [1.54, 1.807) is 17.3 Å². The standard InChI is InChI=1S/C12H20N4O/c1-4-16(5-2)12(17)9-15(3)11-6-7-14-8-10(11)13/h6-8H,4-5,9,13H2,1-3H3. The van der Waals surface area contributed by atoms with E-state index in [0.29, 0.717) is 12.2 Å². The average molecular weight is 236 g/mol. The summed E-state index contributed by atoms with van der Waals surface area (Å²) in [6.07, 6.45) is 3.26. The van der Waals surface area contributed by atoms with Crippen molar-refractivity contribution in [1.29, 1.82) is 0 Å². The van der Waals surface area contributed by atoms with Gasteiger partial charge in [-0.25, -0.2) is 0 Å². The fraction of sp³-hybridized carbons (Fsp3) is 0.500. The third-order valence-corrected chi connectivity index (χ3v) is 2.73. The molecule has 1 heterocycles. The van der Waals surface area contributed by atoms with Crippen LogP contribution in [-0.2, 0) is 4.79 Å². The number of hydrogen-bond donors (Lipinski definition) is 1. The highest BCUT2D eigenvalue weighted by molar-refractivity contribution is 5.82. The molecule has 5 nitrogen and oxygen atoms in total. The van der Waals surface area contributed by atoms with Crippen molar-refractivity contribution in [2.75, 3.05) is 37.3 Å². The summed E-state index contributed by atoms with van der Waals surface area (Å²) < 4.78 is 0. The van der Waals surface area contributed by atoms with Crippen LogP contribution in [0.3, 0.4) is 0 Å². The first kappa shape index (κ1) is 13.3. The second-order valence-electron chi connectivity index (χ2n) is 3.86. The molecule has 0 radical (unpaired) electrons. The largest absolute Gasteiger partial charge is 0.396 e. The lowest BCUT2D eigenvalue weighted by molar-refractivity contribution is -0.129. The van der Waals surface area contributed by atoms with Gasteiger partial charge in [0.05, 0.1) is 24.1 Å². The van der Waals surface area contributed by atoms with Crippen molar-refractivity contribution in [3.63, 3.8) is 0 Å². The lowest BCUT2D eigenvalue weighted by atomic mass is 10.3. The molecule has 0 aliphatic heterocycles. The maximum atomic E-state index is 11.9. The molecule has 0 aliphatic rings. The van der Waals surface area contributed by atoms with Gasteiger partial charge in [-0.05, 0) is 19.9 Å². The number of aromatic nitrogens is 1. The Bertz CT molecular complexity index is 377. The molecule has 0 aromatic carbocycles. The van der Waals surface area contributed by atoms with Crippen LogP contribution in [-0.4, -0.2) is 42.5 Å². The molecular weight excluding hydrogens is 216 g/mol. The summed E-state index contributed by atoms with van der Waals surface area (Å²) in [6.45, 7) is 5.74. The van der Waals surface area contributed by atoms with Crippen molar-refractivity contribution >= 4 is 17.3 Å². The molecule has 0 atom stereocenters. The van der Waals surface area contributed by atoms with E-state index in [-0.39, 0.29) is 5.91 Å². The van der Waals surface area contributed by atoms with Crippen molar-refractivity contribution in [2.24, 2.45) is 0 Å². The Hall–Kier alpha value is -1.78. The number of amides is 1. The summed E-state index contributed by atoms with van der Waals surface area (Å²) in [4.78, 5) is 19.5. The van der Waals surface area contributed by atoms with E-state index in [1.807, 2.05) is 31.9 Å². The summed E-state index contributed by atoms with van der Waals surface area (Å²) in [6, 6.07) is 1.81. The zero-order valence-corrected chi connectivity index (χ0v) is 10.7. The van der Waals surface area contributed by atoms with Crippen molar-refractivity contribution in [1.82, 2.24) is 9.88 Å². The monoisotopic (exact) mass is 236 g/mol. The summed E-state index contributed by atoms with van der Waals surface area (Å²) >= 11 is 0. The molecule has 1 amide bonds. The van der Waals surface area contributed by atoms with E-state index >= 15 is 0 Å². The van der Waals surface area contributed by atoms with Crippen molar-refractivity contribution < 1.29 is 4.79 Å². The SMILES string of the molecule is CCN(CC)C(=O)CN(C)c1ccncc1N. The molecule has 0 aliphatic carbocycles. The fourth-order valence-corrected chi connectivity index (χ4v) is 1.71. The topological polar surface area (TPSA) is 62.5 Å². The smallest absolute Gasteiger partial charge is 0.242 e. The lowest BCUT2D eigenvalue weighted by Crippen LogP contribution is -2.39. The van der Waals surface area contributed by atoms with Gasteiger partial charge < -0.3 is 15.5 Å². The minimum absolute atomic E-state index is 0.105. The Balaban J connectivity index is 2.70. The molecule has 17 heavy (non-hydrogen) atoms. The molecular formula is C12H20N4O.